The fourth-order valence-electron chi connectivity index (χ4n) is 2.99. The number of morpholine rings is 1. The molecule has 2 aromatic carbocycles. The maximum Gasteiger partial charge on any atom is 0.261 e. The molecule has 0 aliphatic carbocycles. The van der Waals surface area contributed by atoms with Crippen LogP contribution in [-0.4, -0.2) is 34.7 Å². The average molecular weight is 375 g/mol. The summed E-state index contributed by atoms with van der Waals surface area (Å²) in [6, 6.07) is 14.6. The number of hydrogen-bond donors (Lipinski definition) is 1. The van der Waals surface area contributed by atoms with E-state index in [0.717, 1.165) is 44.0 Å². The molecule has 1 fully saturated rings. The SMILES string of the molecule is CC[C@H](C)c1ccc(S(=O)(=O)Nc2ccc(N3CCOCC3)cc2)cc1. The zero-order chi connectivity index (χ0) is 18.6. The molecule has 0 radical (unpaired) electrons. The largest absolute Gasteiger partial charge is 0.378 e. The molecule has 1 aliphatic heterocycles. The van der Waals surface area contributed by atoms with Crippen LogP contribution in [0.1, 0.15) is 31.7 Å². The van der Waals surface area contributed by atoms with Gasteiger partial charge < -0.3 is 9.64 Å². The highest BCUT2D eigenvalue weighted by atomic mass is 32.2. The zero-order valence-electron chi connectivity index (χ0n) is 15.3. The first-order chi connectivity index (χ1) is 12.5. The molecule has 5 nitrogen and oxygen atoms in total. The summed E-state index contributed by atoms with van der Waals surface area (Å²) in [7, 11) is -3.58. The van der Waals surface area contributed by atoms with Crippen LogP contribution < -0.4 is 9.62 Å². The Morgan fingerprint density at radius 3 is 2.23 bits per heavy atom. The summed E-state index contributed by atoms with van der Waals surface area (Å²) in [6.07, 6.45) is 1.03. The first kappa shape index (κ1) is 18.7. The van der Waals surface area contributed by atoms with Crippen LogP contribution in [0.4, 0.5) is 11.4 Å². The predicted molar refractivity (Wildman–Crippen MR) is 105 cm³/mol. The van der Waals surface area contributed by atoms with Crippen LogP contribution >= 0.6 is 0 Å². The molecule has 140 valence electrons. The van der Waals surface area contributed by atoms with Crippen molar-refractivity contribution in [3.05, 3.63) is 54.1 Å². The minimum Gasteiger partial charge on any atom is -0.378 e. The molecule has 1 atom stereocenters. The van der Waals surface area contributed by atoms with Gasteiger partial charge in [-0.15, -0.1) is 0 Å². The Morgan fingerprint density at radius 1 is 1.04 bits per heavy atom. The first-order valence-electron chi connectivity index (χ1n) is 9.05. The molecule has 0 amide bonds. The van der Waals surface area contributed by atoms with Gasteiger partial charge in [-0.2, -0.15) is 0 Å². The van der Waals surface area contributed by atoms with Crippen molar-refractivity contribution in [1.82, 2.24) is 0 Å². The van der Waals surface area contributed by atoms with Crippen LogP contribution in [-0.2, 0) is 14.8 Å². The third-order valence-electron chi connectivity index (χ3n) is 4.87. The molecule has 1 heterocycles. The second kappa shape index (κ2) is 8.10. The standard InChI is InChI=1S/C20H26N2O3S/c1-3-16(2)17-4-10-20(11-5-17)26(23,24)21-18-6-8-19(9-7-18)22-12-14-25-15-13-22/h4-11,16,21H,3,12-15H2,1-2H3/t16-/m0/s1. The fourth-order valence-corrected chi connectivity index (χ4v) is 4.05. The summed E-state index contributed by atoms with van der Waals surface area (Å²) in [4.78, 5) is 2.51. The van der Waals surface area contributed by atoms with Crippen LogP contribution in [0.3, 0.4) is 0 Å². The topological polar surface area (TPSA) is 58.6 Å². The number of nitrogens with zero attached hydrogens (tertiary/aromatic N) is 1. The van der Waals surface area contributed by atoms with Crippen LogP contribution in [0.15, 0.2) is 53.4 Å². The normalized spacial score (nSPS) is 16.3. The van der Waals surface area contributed by atoms with Gasteiger partial charge in [-0.25, -0.2) is 8.42 Å². The summed E-state index contributed by atoms with van der Waals surface area (Å²) in [5, 5.41) is 0. The number of hydrogen-bond acceptors (Lipinski definition) is 4. The number of nitrogens with one attached hydrogen (secondary N) is 1. The average Bonchev–Trinajstić information content (AvgIpc) is 2.68. The minimum absolute atomic E-state index is 0.279. The maximum absolute atomic E-state index is 12.6. The molecule has 0 saturated carbocycles. The molecule has 3 rings (SSSR count). The fraction of sp³-hybridized carbons (Fsp3) is 0.400. The van der Waals surface area contributed by atoms with Crippen LogP contribution in [0, 0.1) is 0 Å². The number of anilines is 2. The third-order valence-corrected chi connectivity index (χ3v) is 6.26. The van der Waals surface area contributed by atoms with Gasteiger partial charge in [0, 0.05) is 24.5 Å². The number of sulfonamides is 1. The highest BCUT2D eigenvalue weighted by molar-refractivity contribution is 7.92. The molecular formula is C20H26N2O3S. The van der Waals surface area contributed by atoms with Crippen LogP contribution in [0.25, 0.3) is 0 Å². The van der Waals surface area contributed by atoms with E-state index in [1.54, 1.807) is 24.3 Å². The maximum atomic E-state index is 12.6. The van der Waals surface area contributed by atoms with E-state index < -0.39 is 10.0 Å². The molecular weight excluding hydrogens is 348 g/mol. The van der Waals surface area contributed by atoms with Gasteiger partial charge in [0.25, 0.3) is 10.0 Å². The molecule has 0 bridgehead atoms. The van der Waals surface area contributed by atoms with E-state index >= 15 is 0 Å². The van der Waals surface area contributed by atoms with Gasteiger partial charge in [-0.3, -0.25) is 4.72 Å². The minimum atomic E-state index is -3.58. The Balaban J connectivity index is 1.70. The van der Waals surface area contributed by atoms with Gasteiger partial charge in [0.15, 0.2) is 0 Å². The molecule has 1 N–H and O–H groups in total. The summed E-state index contributed by atoms with van der Waals surface area (Å²) in [5.74, 6) is 0.424. The van der Waals surface area contributed by atoms with Crippen LogP contribution in [0.5, 0.6) is 0 Å². The predicted octanol–water partition coefficient (Wildman–Crippen LogP) is 3.84. The smallest absolute Gasteiger partial charge is 0.261 e. The molecule has 1 aliphatic rings. The lowest BCUT2D eigenvalue weighted by Gasteiger charge is -2.28. The lowest BCUT2D eigenvalue weighted by Crippen LogP contribution is -2.36. The summed E-state index contributed by atoms with van der Waals surface area (Å²) in [6.45, 7) is 7.42. The summed E-state index contributed by atoms with van der Waals surface area (Å²) < 4.78 is 33.2. The van der Waals surface area contributed by atoms with Gasteiger partial charge in [-0.05, 0) is 54.3 Å². The quantitative estimate of drug-likeness (QED) is 0.835. The van der Waals surface area contributed by atoms with Gasteiger partial charge >= 0.3 is 0 Å². The van der Waals surface area contributed by atoms with E-state index in [1.807, 2.05) is 24.3 Å². The Kier molecular flexibility index (Phi) is 5.84. The number of benzene rings is 2. The van der Waals surface area contributed by atoms with E-state index in [2.05, 4.69) is 23.5 Å². The van der Waals surface area contributed by atoms with E-state index in [-0.39, 0.29) is 4.90 Å². The van der Waals surface area contributed by atoms with Crippen molar-refractivity contribution < 1.29 is 13.2 Å². The monoisotopic (exact) mass is 374 g/mol. The molecule has 0 unspecified atom stereocenters. The van der Waals surface area contributed by atoms with Crippen molar-refractivity contribution in [3.63, 3.8) is 0 Å². The Bertz CT molecular complexity index is 811. The van der Waals surface area contributed by atoms with Gasteiger partial charge in [0.1, 0.15) is 0 Å². The van der Waals surface area contributed by atoms with Crippen molar-refractivity contribution in [3.8, 4) is 0 Å². The van der Waals surface area contributed by atoms with E-state index in [4.69, 9.17) is 4.74 Å². The van der Waals surface area contributed by atoms with Gasteiger partial charge in [0.2, 0.25) is 0 Å². The lowest BCUT2D eigenvalue weighted by molar-refractivity contribution is 0.122. The molecule has 1 saturated heterocycles. The zero-order valence-corrected chi connectivity index (χ0v) is 16.1. The second-order valence-electron chi connectivity index (χ2n) is 6.63. The molecule has 26 heavy (non-hydrogen) atoms. The van der Waals surface area contributed by atoms with Crippen molar-refractivity contribution in [1.29, 1.82) is 0 Å². The third kappa shape index (κ3) is 4.37. The number of ether oxygens (including phenoxy) is 1. The summed E-state index contributed by atoms with van der Waals surface area (Å²) in [5.41, 5.74) is 2.79. The van der Waals surface area contributed by atoms with Crippen molar-refractivity contribution >= 4 is 21.4 Å². The van der Waals surface area contributed by atoms with Crippen molar-refractivity contribution in [2.75, 3.05) is 35.9 Å². The highest BCUT2D eigenvalue weighted by Crippen LogP contribution is 2.23. The van der Waals surface area contributed by atoms with E-state index in [1.165, 1.54) is 0 Å². The van der Waals surface area contributed by atoms with Gasteiger partial charge in [0.05, 0.1) is 18.1 Å². The first-order valence-corrected chi connectivity index (χ1v) is 10.5. The summed E-state index contributed by atoms with van der Waals surface area (Å²) >= 11 is 0. The lowest BCUT2D eigenvalue weighted by atomic mass is 9.99. The van der Waals surface area contributed by atoms with Crippen molar-refractivity contribution in [2.45, 2.75) is 31.1 Å². The van der Waals surface area contributed by atoms with Gasteiger partial charge in [-0.1, -0.05) is 26.0 Å². The number of rotatable bonds is 6. The molecule has 2 aromatic rings. The molecule has 0 aromatic heterocycles. The second-order valence-corrected chi connectivity index (χ2v) is 8.31. The molecule has 0 spiro atoms. The Morgan fingerprint density at radius 2 is 1.65 bits per heavy atom. The Hall–Kier alpha value is -2.05. The molecule has 6 heteroatoms. The van der Waals surface area contributed by atoms with Crippen molar-refractivity contribution in [2.24, 2.45) is 0 Å². The highest BCUT2D eigenvalue weighted by Gasteiger charge is 2.16. The van der Waals surface area contributed by atoms with Crippen LogP contribution in [0.2, 0.25) is 0 Å². The van der Waals surface area contributed by atoms with E-state index in [0.29, 0.717) is 11.6 Å². The Labute approximate surface area is 156 Å². The van der Waals surface area contributed by atoms with E-state index in [9.17, 15) is 8.42 Å².